The highest BCUT2D eigenvalue weighted by molar-refractivity contribution is 5.96. The van der Waals surface area contributed by atoms with Crippen molar-refractivity contribution < 1.29 is 66.6 Å². The molecule has 1 spiro atoms. The summed E-state index contributed by atoms with van der Waals surface area (Å²) in [7, 11) is 0.976. The first-order valence-electron chi connectivity index (χ1n) is 14.3. The molecule has 2 saturated heterocycles. The Balaban J connectivity index is 1.50. The molecule has 0 amide bonds. The molecule has 4 fully saturated rings. The number of allylic oxidation sites excluding steroid dienone is 3. The van der Waals surface area contributed by atoms with E-state index in [0.29, 0.717) is 5.57 Å². The molecule has 4 unspecified atom stereocenters. The first kappa shape index (κ1) is 31.2. The van der Waals surface area contributed by atoms with Crippen LogP contribution in [-0.4, -0.2) is 88.9 Å². The highest BCUT2D eigenvalue weighted by Crippen LogP contribution is 2.72. The van der Waals surface area contributed by atoms with Gasteiger partial charge in [0.15, 0.2) is 11.5 Å². The van der Waals surface area contributed by atoms with E-state index in [-0.39, 0.29) is 24.5 Å². The van der Waals surface area contributed by atoms with Gasteiger partial charge in [-0.1, -0.05) is 37.3 Å². The minimum atomic E-state index is -5.00. The standard InChI is InChI=1S/C31H31F3O11/c1-13-15-9-18-29-12-43-30(27(41)42-3,25(39)21(38)23(29)28(15,2)11-17(35)20(13)37)24(29)22(26(40)44-18)45-19(36)10-16(31(32,33)34)14-7-5-4-6-8-14/h4-8,10,15,18,21-25,37-39H,9,11-12H2,1-3H3/t15?,18-,21?,22-,23?,24-,25?,28+,29-,30+/m1/s1. The highest BCUT2D eigenvalue weighted by atomic mass is 19.4. The van der Waals surface area contributed by atoms with Gasteiger partial charge in [-0.05, 0) is 35.8 Å². The summed E-state index contributed by atoms with van der Waals surface area (Å²) in [5.74, 6) is -8.44. The predicted octanol–water partition coefficient (Wildman–Crippen LogP) is 2.20. The summed E-state index contributed by atoms with van der Waals surface area (Å²) in [5, 5.41) is 33.8. The van der Waals surface area contributed by atoms with Crippen LogP contribution in [0.15, 0.2) is 47.7 Å². The van der Waals surface area contributed by atoms with E-state index in [9.17, 15) is 47.7 Å². The van der Waals surface area contributed by atoms with Crippen LogP contribution in [0.25, 0.3) is 5.57 Å². The number of hydrogen-bond donors (Lipinski definition) is 3. The van der Waals surface area contributed by atoms with Crippen molar-refractivity contribution in [3.8, 4) is 0 Å². The van der Waals surface area contributed by atoms with Gasteiger partial charge in [-0.15, -0.1) is 0 Å². The van der Waals surface area contributed by atoms with E-state index in [1.54, 1.807) is 6.92 Å². The minimum Gasteiger partial charge on any atom is -0.504 e. The summed E-state index contributed by atoms with van der Waals surface area (Å²) in [5.41, 5.74) is -6.66. The monoisotopic (exact) mass is 636 g/mol. The molecule has 1 aromatic carbocycles. The first-order chi connectivity index (χ1) is 21.1. The Labute approximate surface area is 254 Å². The first-order valence-corrected chi connectivity index (χ1v) is 14.3. The van der Waals surface area contributed by atoms with E-state index in [4.69, 9.17) is 18.9 Å². The second-order valence-corrected chi connectivity index (χ2v) is 12.7. The fourth-order valence-electron chi connectivity index (χ4n) is 9.08. The number of alkyl halides is 3. The summed E-state index contributed by atoms with van der Waals surface area (Å²) in [4.78, 5) is 53.2. The summed E-state index contributed by atoms with van der Waals surface area (Å²) in [6.07, 6.45) is -12.2. The number of rotatable bonds is 4. The van der Waals surface area contributed by atoms with Gasteiger partial charge in [-0.3, -0.25) is 4.79 Å². The van der Waals surface area contributed by atoms with Crippen LogP contribution in [0, 0.1) is 28.6 Å². The number of benzene rings is 1. The summed E-state index contributed by atoms with van der Waals surface area (Å²) in [6, 6.07) is 6.43. The topological polar surface area (TPSA) is 166 Å². The van der Waals surface area contributed by atoms with E-state index in [1.165, 1.54) is 25.1 Å². The lowest BCUT2D eigenvalue weighted by Crippen LogP contribution is -2.79. The fourth-order valence-corrected chi connectivity index (χ4v) is 9.08. The minimum absolute atomic E-state index is 0.00857. The third-order valence-corrected chi connectivity index (χ3v) is 10.7. The molecule has 1 aromatic rings. The second kappa shape index (κ2) is 10.1. The number of Topliss-reactive ketones (excluding diaryl/α,β-unsaturated/α-hetero) is 1. The van der Waals surface area contributed by atoms with Crippen LogP contribution in [0.3, 0.4) is 0 Å². The third-order valence-electron chi connectivity index (χ3n) is 10.7. The molecule has 3 N–H and O–H groups in total. The zero-order valence-electron chi connectivity index (χ0n) is 24.4. The van der Waals surface area contributed by atoms with Crippen molar-refractivity contribution in [2.24, 2.45) is 28.6 Å². The SMILES string of the molecule is COC(=O)[C@@]12OC[C@]34C(C(O)C1O)[C@@]1(C)CC(=O)C(O)=C(C)C1C[C@H]3OC(=O)[C@H](OC(=O)C=C(c1ccccc1)C(F)(F)F)[C@H]42. The molecule has 45 heavy (non-hydrogen) atoms. The lowest BCUT2D eigenvalue weighted by molar-refractivity contribution is -0.290. The molecule has 6 rings (SSSR count). The maximum atomic E-state index is 14.0. The molecule has 2 aliphatic heterocycles. The van der Waals surface area contributed by atoms with Crippen molar-refractivity contribution in [2.45, 2.75) is 62.9 Å². The second-order valence-electron chi connectivity index (χ2n) is 12.7. The van der Waals surface area contributed by atoms with E-state index in [1.807, 2.05) is 0 Å². The maximum absolute atomic E-state index is 14.0. The molecular weight excluding hydrogens is 605 g/mol. The summed E-state index contributed by atoms with van der Waals surface area (Å²) < 4.78 is 64.2. The summed E-state index contributed by atoms with van der Waals surface area (Å²) >= 11 is 0. The fraction of sp³-hybridized carbons (Fsp3) is 0.548. The maximum Gasteiger partial charge on any atom is 0.417 e. The number of esters is 3. The molecule has 10 atom stereocenters. The van der Waals surface area contributed by atoms with Crippen molar-refractivity contribution in [2.75, 3.05) is 13.7 Å². The van der Waals surface area contributed by atoms with E-state index in [2.05, 4.69) is 0 Å². The molecule has 2 bridgehead atoms. The molecule has 242 valence electrons. The van der Waals surface area contributed by atoms with Crippen LogP contribution in [0.2, 0.25) is 0 Å². The average Bonchev–Trinajstić information content (AvgIpc) is 3.29. The molecule has 11 nitrogen and oxygen atoms in total. The number of aliphatic hydroxyl groups excluding tert-OH is 3. The third kappa shape index (κ3) is 4.07. The number of methoxy groups -OCH3 is 1. The van der Waals surface area contributed by atoms with Crippen molar-refractivity contribution in [1.82, 2.24) is 0 Å². The molecule has 5 aliphatic rings. The van der Waals surface area contributed by atoms with Crippen LogP contribution in [-0.2, 0) is 38.1 Å². The molecular formula is C31H31F3O11. The number of ketones is 1. The Morgan fingerprint density at radius 3 is 2.40 bits per heavy atom. The lowest BCUT2D eigenvalue weighted by Gasteiger charge is -2.67. The Bertz CT molecular complexity index is 1540. The Morgan fingerprint density at radius 2 is 1.78 bits per heavy atom. The van der Waals surface area contributed by atoms with Gasteiger partial charge in [-0.2, -0.15) is 13.2 Å². The lowest BCUT2D eigenvalue weighted by atomic mass is 9.38. The van der Waals surface area contributed by atoms with Crippen molar-refractivity contribution >= 4 is 29.3 Å². The van der Waals surface area contributed by atoms with Crippen LogP contribution in [0.5, 0.6) is 0 Å². The van der Waals surface area contributed by atoms with Crippen molar-refractivity contribution in [1.29, 1.82) is 0 Å². The quantitative estimate of drug-likeness (QED) is 0.252. The van der Waals surface area contributed by atoms with Crippen LogP contribution in [0.1, 0.15) is 32.3 Å². The number of fused-ring (bicyclic) bond motifs is 2. The predicted molar refractivity (Wildman–Crippen MR) is 144 cm³/mol. The van der Waals surface area contributed by atoms with Gasteiger partial charge in [0, 0.05) is 23.8 Å². The Morgan fingerprint density at radius 1 is 1.11 bits per heavy atom. The molecule has 2 saturated carbocycles. The van der Waals surface area contributed by atoms with Crippen LogP contribution < -0.4 is 0 Å². The molecule has 0 aromatic heterocycles. The van der Waals surface area contributed by atoms with Crippen molar-refractivity contribution in [3.63, 3.8) is 0 Å². The van der Waals surface area contributed by atoms with Crippen LogP contribution in [0.4, 0.5) is 13.2 Å². The smallest absolute Gasteiger partial charge is 0.417 e. The molecule has 14 heteroatoms. The van der Waals surface area contributed by atoms with Gasteiger partial charge in [-0.25, -0.2) is 14.4 Å². The highest BCUT2D eigenvalue weighted by Gasteiger charge is 2.85. The van der Waals surface area contributed by atoms with Crippen LogP contribution >= 0.6 is 0 Å². The Hall–Kier alpha value is -3.75. The molecule has 0 radical (unpaired) electrons. The van der Waals surface area contributed by atoms with Gasteiger partial charge in [0.05, 0.1) is 31.3 Å². The van der Waals surface area contributed by atoms with Gasteiger partial charge >= 0.3 is 24.1 Å². The van der Waals surface area contributed by atoms with E-state index in [0.717, 1.165) is 19.2 Å². The normalized spacial score (nSPS) is 40.7. The number of hydrogen-bond acceptors (Lipinski definition) is 11. The number of ether oxygens (including phenoxy) is 4. The van der Waals surface area contributed by atoms with Crippen molar-refractivity contribution in [3.05, 3.63) is 53.3 Å². The van der Waals surface area contributed by atoms with E-state index < -0.39 is 106 Å². The summed E-state index contributed by atoms with van der Waals surface area (Å²) in [6.45, 7) is 2.79. The number of halogens is 3. The molecule has 2 heterocycles. The van der Waals surface area contributed by atoms with E-state index >= 15 is 0 Å². The van der Waals surface area contributed by atoms with Gasteiger partial charge in [0.1, 0.15) is 12.2 Å². The van der Waals surface area contributed by atoms with Gasteiger partial charge in [0.2, 0.25) is 11.7 Å². The molecule has 3 aliphatic carbocycles. The number of carbonyl (C=O) groups excluding carboxylic acids is 4. The Kier molecular flexibility index (Phi) is 7.03. The number of carbonyl (C=O) groups is 4. The number of aliphatic hydroxyl groups is 3. The zero-order valence-corrected chi connectivity index (χ0v) is 24.4. The van der Waals surface area contributed by atoms with Gasteiger partial charge in [0.25, 0.3) is 0 Å². The van der Waals surface area contributed by atoms with Gasteiger partial charge < -0.3 is 34.3 Å². The zero-order chi connectivity index (χ0) is 32.9. The largest absolute Gasteiger partial charge is 0.504 e. The average molecular weight is 637 g/mol.